The van der Waals surface area contributed by atoms with Crippen molar-refractivity contribution in [1.29, 1.82) is 0 Å². The maximum Gasteiger partial charge on any atom is 0.173 e. The van der Waals surface area contributed by atoms with E-state index in [1.54, 1.807) is 17.8 Å². The van der Waals surface area contributed by atoms with Crippen molar-refractivity contribution in [3.05, 3.63) is 45.8 Å². The predicted molar refractivity (Wildman–Crippen MR) is 60.7 cm³/mol. The Morgan fingerprint density at radius 3 is 2.79 bits per heavy atom. The molecule has 1 heterocycles. The molecule has 3 heteroatoms. The summed E-state index contributed by atoms with van der Waals surface area (Å²) < 4.78 is 0. The van der Waals surface area contributed by atoms with Gasteiger partial charge >= 0.3 is 0 Å². The Bertz CT molecular complexity index is 412. The van der Waals surface area contributed by atoms with Gasteiger partial charge in [0.15, 0.2) is 5.78 Å². The molecule has 0 fully saturated rings. The van der Waals surface area contributed by atoms with Gasteiger partial charge in [-0.3, -0.25) is 4.79 Å². The Morgan fingerprint density at radius 2 is 2.21 bits per heavy atom. The molecule has 0 aromatic heterocycles. The molecule has 1 aliphatic heterocycles. The first-order valence-electron chi connectivity index (χ1n) is 4.30. The Balaban J connectivity index is 2.34. The van der Waals surface area contributed by atoms with Gasteiger partial charge in [-0.15, -0.1) is 11.8 Å². The van der Waals surface area contributed by atoms with Crippen LogP contribution in [0.1, 0.15) is 16.4 Å². The van der Waals surface area contributed by atoms with Crippen molar-refractivity contribution < 1.29 is 4.79 Å². The molecule has 1 aliphatic rings. The molecule has 0 spiro atoms. The predicted octanol–water partition coefficient (Wildman–Crippen LogP) is 3.52. The van der Waals surface area contributed by atoms with E-state index in [-0.39, 0.29) is 11.0 Å². The number of hydrogen-bond acceptors (Lipinski definition) is 2. The van der Waals surface area contributed by atoms with E-state index in [9.17, 15) is 4.79 Å². The number of allylic oxidation sites excluding steroid dienone is 1. The molecule has 1 unspecified atom stereocenters. The van der Waals surface area contributed by atoms with Crippen molar-refractivity contribution in [2.45, 2.75) is 12.2 Å². The van der Waals surface area contributed by atoms with E-state index in [0.29, 0.717) is 0 Å². The number of carbonyl (C=O) groups excluding carboxylic acids is 1. The summed E-state index contributed by atoms with van der Waals surface area (Å²) in [6.45, 7) is 1.95. The van der Waals surface area contributed by atoms with Gasteiger partial charge in [-0.05, 0) is 35.6 Å². The standard InChI is InChI=1S/C11H9ClOS/c1-7-6-8(2-3-9(7)12)11-10(13)4-5-14-11/h2-6,11H,1H3. The fourth-order valence-corrected chi connectivity index (χ4v) is 2.42. The smallest absolute Gasteiger partial charge is 0.173 e. The molecule has 0 radical (unpaired) electrons. The van der Waals surface area contributed by atoms with Crippen LogP contribution in [0, 0.1) is 6.92 Å². The van der Waals surface area contributed by atoms with E-state index in [2.05, 4.69) is 0 Å². The zero-order valence-electron chi connectivity index (χ0n) is 7.66. The van der Waals surface area contributed by atoms with Gasteiger partial charge in [-0.1, -0.05) is 23.7 Å². The second kappa shape index (κ2) is 3.79. The number of ketones is 1. The van der Waals surface area contributed by atoms with Crippen LogP contribution < -0.4 is 0 Å². The number of thioether (sulfide) groups is 1. The van der Waals surface area contributed by atoms with Crippen molar-refractivity contribution in [2.75, 3.05) is 0 Å². The number of carbonyl (C=O) groups is 1. The Kier molecular flexibility index (Phi) is 2.66. The van der Waals surface area contributed by atoms with Crippen LogP contribution in [0.2, 0.25) is 5.02 Å². The maximum atomic E-state index is 11.4. The summed E-state index contributed by atoms with van der Waals surface area (Å²) in [7, 11) is 0. The number of rotatable bonds is 1. The van der Waals surface area contributed by atoms with Gasteiger partial charge in [0.2, 0.25) is 0 Å². The monoisotopic (exact) mass is 224 g/mol. The van der Waals surface area contributed by atoms with Gasteiger partial charge in [-0.2, -0.15) is 0 Å². The molecule has 2 rings (SSSR count). The van der Waals surface area contributed by atoms with E-state index >= 15 is 0 Å². The van der Waals surface area contributed by atoms with Gasteiger partial charge in [0, 0.05) is 5.02 Å². The van der Waals surface area contributed by atoms with Gasteiger partial charge in [0.05, 0.1) is 5.25 Å². The van der Waals surface area contributed by atoms with Crippen molar-refractivity contribution in [3.8, 4) is 0 Å². The normalized spacial score (nSPS) is 20.4. The molecule has 0 bridgehead atoms. The lowest BCUT2D eigenvalue weighted by molar-refractivity contribution is -0.114. The summed E-state index contributed by atoms with van der Waals surface area (Å²) in [5.41, 5.74) is 2.05. The Morgan fingerprint density at radius 1 is 1.43 bits per heavy atom. The minimum absolute atomic E-state index is 0.0639. The minimum Gasteiger partial charge on any atom is -0.293 e. The van der Waals surface area contributed by atoms with E-state index in [4.69, 9.17) is 11.6 Å². The lowest BCUT2D eigenvalue weighted by atomic mass is 10.1. The van der Waals surface area contributed by atoms with Gasteiger partial charge in [0.1, 0.15) is 0 Å². The van der Waals surface area contributed by atoms with Crippen molar-refractivity contribution in [2.24, 2.45) is 0 Å². The van der Waals surface area contributed by atoms with E-state index in [1.807, 2.05) is 30.5 Å². The Labute approximate surface area is 92.1 Å². The summed E-state index contributed by atoms with van der Waals surface area (Å²) in [4.78, 5) is 11.4. The van der Waals surface area contributed by atoms with Crippen LogP contribution in [0.5, 0.6) is 0 Å². The fourth-order valence-electron chi connectivity index (χ4n) is 1.41. The summed E-state index contributed by atoms with van der Waals surface area (Å²) in [6.07, 6.45) is 1.62. The number of hydrogen-bond donors (Lipinski definition) is 0. The van der Waals surface area contributed by atoms with Crippen LogP contribution in [-0.2, 0) is 4.79 Å². The average molecular weight is 225 g/mol. The summed E-state index contributed by atoms with van der Waals surface area (Å²) in [5, 5.41) is 2.53. The molecule has 0 amide bonds. The molecule has 1 aromatic rings. The van der Waals surface area contributed by atoms with Crippen LogP contribution >= 0.6 is 23.4 Å². The maximum absolute atomic E-state index is 11.4. The molecular weight excluding hydrogens is 216 g/mol. The number of aryl methyl sites for hydroxylation is 1. The number of halogens is 1. The molecule has 1 aromatic carbocycles. The van der Waals surface area contributed by atoms with Gasteiger partial charge in [-0.25, -0.2) is 0 Å². The Hall–Kier alpha value is -0.730. The zero-order valence-corrected chi connectivity index (χ0v) is 9.23. The molecule has 1 atom stereocenters. The fraction of sp³-hybridized carbons (Fsp3) is 0.182. The van der Waals surface area contributed by atoms with Crippen LogP contribution in [0.25, 0.3) is 0 Å². The molecular formula is C11H9ClOS. The minimum atomic E-state index is -0.0639. The van der Waals surface area contributed by atoms with E-state index in [1.165, 1.54) is 0 Å². The van der Waals surface area contributed by atoms with Crippen molar-refractivity contribution >= 4 is 29.1 Å². The highest BCUT2D eigenvalue weighted by molar-refractivity contribution is 8.03. The SMILES string of the molecule is Cc1cc(C2SC=CC2=O)ccc1Cl. The highest BCUT2D eigenvalue weighted by atomic mass is 35.5. The molecule has 1 nitrogen and oxygen atoms in total. The molecule has 0 aliphatic carbocycles. The van der Waals surface area contributed by atoms with Crippen molar-refractivity contribution in [3.63, 3.8) is 0 Å². The van der Waals surface area contributed by atoms with Crippen LogP contribution in [-0.4, -0.2) is 5.78 Å². The summed E-state index contributed by atoms with van der Waals surface area (Å²) >= 11 is 7.46. The summed E-state index contributed by atoms with van der Waals surface area (Å²) in [5.74, 6) is 0.164. The highest BCUT2D eigenvalue weighted by Gasteiger charge is 2.22. The first-order valence-corrected chi connectivity index (χ1v) is 5.62. The quantitative estimate of drug-likeness (QED) is 0.726. The van der Waals surface area contributed by atoms with E-state index in [0.717, 1.165) is 16.1 Å². The molecule has 14 heavy (non-hydrogen) atoms. The van der Waals surface area contributed by atoms with Crippen LogP contribution in [0.4, 0.5) is 0 Å². The lowest BCUT2D eigenvalue weighted by Crippen LogP contribution is -2.01. The largest absolute Gasteiger partial charge is 0.293 e. The number of benzene rings is 1. The third-order valence-corrected chi connectivity index (χ3v) is 3.68. The van der Waals surface area contributed by atoms with E-state index < -0.39 is 0 Å². The second-order valence-corrected chi connectivity index (χ2v) is 4.65. The van der Waals surface area contributed by atoms with Gasteiger partial charge in [0.25, 0.3) is 0 Å². The zero-order chi connectivity index (χ0) is 10.1. The third-order valence-electron chi connectivity index (χ3n) is 2.19. The molecule has 0 saturated heterocycles. The topological polar surface area (TPSA) is 17.1 Å². The second-order valence-electron chi connectivity index (χ2n) is 3.23. The third kappa shape index (κ3) is 1.72. The first kappa shape index (κ1) is 9.81. The van der Waals surface area contributed by atoms with Crippen LogP contribution in [0.15, 0.2) is 29.7 Å². The van der Waals surface area contributed by atoms with Crippen LogP contribution in [0.3, 0.4) is 0 Å². The lowest BCUT2D eigenvalue weighted by Gasteiger charge is -2.09. The average Bonchev–Trinajstić information content (AvgIpc) is 2.57. The van der Waals surface area contributed by atoms with Crippen molar-refractivity contribution in [1.82, 2.24) is 0 Å². The molecule has 0 N–H and O–H groups in total. The van der Waals surface area contributed by atoms with Gasteiger partial charge < -0.3 is 0 Å². The molecule has 72 valence electrons. The summed E-state index contributed by atoms with van der Waals surface area (Å²) in [6, 6.07) is 5.74. The first-order chi connectivity index (χ1) is 6.68. The highest BCUT2D eigenvalue weighted by Crippen LogP contribution is 2.36. The molecule has 0 saturated carbocycles.